The van der Waals surface area contributed by atoms with Gasteiger partial charge < -0.3 is 16.4 Å². The minimum Gasteiger partial charge on any atom is -0.370 e. The summed E-state index contributed by atoms with van der Waals surface area (Å²) in [6, 6.07) is 5.72. The fraction of sp³-hybridized carbons (Fsp3) is 0.385. The Labute approximate surface area is 111 Å². The lowest BCUT2D eigenvalue weighted by atomic mass is 10.2. The number of carbonyl (C=O) groups is 2. The van der Waals surface area contributed by atoms with Crippen molar-refractivity contribution >= 4 is 17.5 Å². The maximum atomic E-state index is 12.9. The van der Waals surface area contributed by atoms with Crippen LogP contribution in [0, 0.1) is 5.82 Å². The molecule has 5 nitrogen and oxygen atoms in total. The standard InChI is InChI=1S/C13H18FN3O2/c14-10-4-3-5-11(8-10)17-13(19)9-16-7-2-1-6-12(15)18/h3-5,8,16H,1-2,6-7,9H2,(H2,15,18)(H,17,19). The maximum absolute atomic E-state index is 12.9. The van der Waals surface area contributed by atoms with Crippen LogP contribution in [0.25, 0.3) is 0 Å². The Morgan fingerprint density at radius 2 is 2.05 bits per heavy atom. The molecule has 19 heavy (non-hydrogen) atoms. The topological polar surface area (TPSA) is 84.2 Å². The molecule has 6 heteroatoms. The average Bonchev–Trinajstić information content (AvgIpc) is 2.33. The van der Waals surface area contributed by atoms with Gasteiger partial charge in [0.15, 0.2) is 0 Å². The molecule has 2 amide bonds. The summed E-state index contributed by atoms with van der Waals surface area (Å²) in [6.07, 6.45) is 1.83. The molecule has 1 aromatic rings. The molecule has 0 bridgehead atoms. The van der Waals surface area contributed by atoms with Gasteiger partial charge in [-0.05, 0) is 37.6 Å². The molecule has 1 rings (SSSR count). The lowest BCUT2D eigenvalue weighted by Gasteiger charge is -2.06. The number of nitrogens with one attached hydrogen (secondary N) is 2. The number of unbranched alkanes of at least 4 members (excludes halogenated alkanes) is 1. The molecule has 0 aliphatic carbocycles. The van der Waals surface area contributed by atoms with Crippen LogP contribution in [0.2, 0.25) is 0 Å². The summed E-state index contributed by atoms with van der Waals surface area (Å²) in [5, 5.41) is 5.51. The van der Waals surface area contributed by atoms with Crippen LogP contribution in [0.5, 0.6) is 0 Å². The van der Waals surface area contributed by atoms with E-state index in [1.165, 1.54) is 18.2 Å². The van der Waals surface area contributed by atoms with Gasteiger partial charge in [-0.2, -0.15) is 0 Å². The molecule has 0 aliphatic rings. The zero-order chi connectivity index (χ0) is 14.1. The van der Waals surface area contributed by atoms with Crippen LogP contribution in [0.4, 0.5) is 10.1 Å². The lowest BCUT2D eigenvalue weighted by molar-refractivity contribution is -0.118. The number of carbonyl (C=O) groups excluding carboxylic acids is 2. The Morgan fingerprint density at radius 1 is 1.26 bits per heavy atom. The van der Waals surface area contributed by atoms with E-state index in [1.807, 2.05) is 0 Å². The average molecular weight is 267 g/mol. The van der Waals surface area contributed by atoms with Crippen molar-refractivity contribution in [2.45, 2.75) is 19.3 Å². The molecule has 0 atom stereocenters. The van der Waals surface area contributed by atoms with Crippen molar-refractivity contribution in [2.75, 3.05) is 18.4 Å². The summed E-state index contributed by atoms with van der Waals surface area (Å²) in [7, 11) is 0. The van der Waals surface area contributed by atoms with E-state index in [2.05, 4.69) is 10.6 Å². The van der Waals surface area contributed by atoms with Gasteiger partial charge in [-0.25, -0.2) is 4.39 Å². The number of halogens is 1. The van der Waals surface area contributed by atoms with Crippen LogP contribution in [0.3, 0.4) is 0 Å². The van der Waals surface area contributed by atoms with Crippen molar-refractivity contribution in [3.63, 3.8) is 0 Å². The zero-order valence-corrected chi connectivity index (χ0v) is 10.6. The highest BCUT2D eigenvalue weighted by molar-refractivity contribution is 5.92. The lowest BCUT2D eigenvalue weighted by Crippen LogP contribution is -2.28. The predicted octanol–water partition coefficient (Wildman–Crippen LogP) is 1.01. The summed E-state index contributed by atoms with van der Waals surface area (Å²) in [5.74, 6) is -0.943. The van der Waals surface area contributed by atoms with Crippen molar-refractivity contribution in [1.29, 1.82) is 0 Å². The van der Waals surface area contributed by atoms with Gasteiger partial charge in [-0.15, -0.1) is 0 Å². The normalized spacial score (nSPS) is 10.2. The molecule has 0 radical (unpaired) electrons. The van der Waals surface area contributed by atoms with Gasteiger partial charge in [-0.3, -0.25) is 9.59 Å². The molecule has 0 fully saturated rings. The second kappa shape index (κ2) is 8.20. The summed E-state index contributed by atoms with van der Waals surface area (Å²) >= 11 is 0. The van der Waals surface area contributed by atoms with E-state index >= 15 is 0 Å². The molecule has 0 unspecified atom stereocenters. The molecule has 0 spiro atoms. The van der Waals surface area contributed by atoms with E-state index in [0.717, 1.165) is 6.42 Å². The Hall–Kier alpha value is -1.95. The predicted molar refractivity (Wildman–Crippen MR) is 70.9 cm³/mol. The first kappa shape index (κ1) is 15.1. The molecule has 0 heterocycles. The Morgan fingerprint density at radius 3 is 2.74 bits per heavy atom. The Bertz CT molecular complexity index is 438. The minimum atomic E-state index is -0.391. The van der Waals surface area contributed by atoms with Crippen molar-refractivity contribution in [2.24, 2.45) is 5.73 Å². The number of hydrogen-bond donors (Lipinski definition) is 3. The molecule has 104 valence electrons. The maximum Gasteiger partial charge on any atom is 0.238 e. The molecular formula is C13H18FN3O2. The fourth-order valence-electron chi connectivity index (χ4n) is 1.52. The van der Waals surface area contributed by atoms with Crippen molar-refractivity contribution in [3.8, 4) is 0 Å². The monoisotopic (exact) mass is 267 g/mol. The van der Waals surface area contributed by atoms with Crippen molar-refractivity contribution < 1.29 is 14.0 Å². The third-order valence-corrected chi connectivity index (χ3v) is 2.42. The first-order valence-corrected chi connectivity index (χ1v) is 6.12. The highest BCUT2D eigenvalue weighted by Gasteiger charge is 2.02. The summed E-state index contributed by atoms with van der Waals surface area (Å²) < 4.78 is 12.9. The zero-order valence-electron chi connectivity index (χ0n) is 10.6. The minimum absolute atomic E-state index is 0.146. The van der Waals surface area contributed by atoms with Gasteiger partial charge in [0.05, 0.1) is 6.54 Å². The van der Waals surface area contributed by atoms with Gasteiger partial charge in [0.1, 0.15) is 5.82 Å². The fourth-order valence-corrected chi connectivity index (χ4v) is 1.52. The molecule has 0 aromatic heterocycles. The Balaban J connectivity index is 2.13. The van der Waals surface area contributed by atoms with E-state index in [-0.39, 0.29) is 18.4 Å². The van der Waals surface area contributed by atoms with E-state index < -0.39 is 5.82 Å². The van der Waals surface area contributed by atoms with Crippen LogP contribution >= 0.6 is 0 Å². The van der Waals surface area contributed by atoms with Crippen LogP contribution in [-0.2, 0) is 9.59 Å². The van der Waals surface area contributed by atoms with E-state index in [4.69, 9.17) is 5.73 Å². The molecule has 0 saturated heterocycles. The third kappa shape index (κ3) is 7.15. The second-order valence-corrected chi connectivity index (χ2v) is 4.16. The largest absolute Gasteiger partial charge is 0.370 e. The molecule has 4 N–H and O–H groups in total. The van der Waals surface area contributed by atoms with Crippen LogP contribution in [-0.4, -0.2) is 24.9 Å². The first-order chi connectivity index (χ1) is 9.08. The van der Waals surface area contributed by atoms with Gasteiger partial charge in [0.25, 0.3) is 0 Å². The van der Waals surface area contributed by atoms with Crippen LogP contribution < -0.4 is 16.4 Å². The van der Waals surface area contributed by atoms with Crippen molar-refractivity contribution in [1.82, 2.24) is 5.32 Å². The van der Waals surface area contributed by atoms with Gasteiger partial charge in [0.2, 0.25) is 11.8 Å². The SMILES string of the molecule is NC(=O)CCCCNCC(=O)Nc1cccc(F)c1. The van der Waals surface area contributed by atoms with Crippen LogP contribution in [0.1, 0.15) is 19.3 Å². The van der Waals surface area contributed by atoms with E-state index in [0.29, 0.717) is 25.1 Å². The highest BCUT2D eigenvalue weighted by atomic mass is 19.1. The Kier molecular flexibility index (Phi) is 6.52. The summed E-state index contributed by atoms with van der Waals surface area (Å²) in [6.45, 7) is 0.775. The smallest absolute Gasteiger partial charge is 0.238 e. The third-order valence-electron chi connectivity index (χ3n) is 2.42. The molecule has 1 aromatic carbocycles. The summed E-state index contributed by atoms with van der Waals surface area (Å²) in [5.41, 5.74) is 5.43. The number of rotatable bonds is 8. The number of primary amides is 1. The van der Waals surface area contributed by atoms with Gasteiger partial charge in [0, 0.05) is 12.1 Å². The summed E-state index contributed by atoms with van der Waals surface area (Å²) in [4.78, 5) is 22.0. The molecule has 0 saturated carbocycles. The number of amides is 2. The highest BCUT2D eigenvalue weighted by Crippen LogP contribution is 2.08. The van der Waals surface area contributed by atoms with E-state index in [9.17, 15) is 14.0 Å². The van der Waals surface area contributed by atoms with Crippen molar-refractivity contribution in [3.05, 3.63) is 30.1 Å². The second-order valence-electron chi connectivity index (χ2n) is 4.16. The first-order valence-electron chi connectivity index (χ1n) is 6.12. The van der Waals surface area contributed by atoms with E-state index in [1.54, 1.807) is 6.07 Å². The number of hydrogen-bond acceptors (Lipinski definition) is 3. The van der Waals surface area contributed by atoms with Gasteiger partial charge in [-0.1, -0.05) is 6.07 Å². The number of anilines is 1. The number of nitrogens with two attached hydrogens (primary N) is 1. The van der Waals surface area contributed by atoms with Gasteiger partial charge >= 0.3 is 0 Å². The molecular weight excluding hydrogens is 249 g/mol. The number of benzene rings is 1. The molecule has 0 aliphatic heterocycles. The van der Waals surface area contributed by atoms with Crippen LogP contribution in [0.15, 0.2) is 24.3 Å². The quantitative estimate of drug-likeness (QED) is 0.615.